The van der Waals surface area contributed by atoms with E-state index in [1.54, 1.807) is 18.2 Å². The molecule has 37 heavy (non-hydrogen) atoms. The highest BCUT2D eigenvalue weighted by atomic mass is 35.5. The molecule has 0 saturated carbocycles. The van der Waals surface area contributed by atoms with E-state index >= 15 is 0 Å². The Morgan fingerprint density at radius 3 is 2.38 bits per heavy atom. The Balaban J connectivity index is 1.94. The number of hydrogen-bond acceptors (Lipinski definition) is 4. The molecule has 1 aromatic heterocycles. The number of primary amides is 1. The molecule has 0 spiro atoms. The van der Waals surface area contributed by atoms with Gasteiger partial charge < -0.3 is 5.73 Å². The molecule has 0 bridgehead atoms. The number of halogens is 6. The maximum Gasteiger partial charge on any atom is 0.411 e. The normalized spacial score (nSPS) is 12.7. The highest BCUT2D eigenvalue weighted by Gasteiger charge is 2.25. The summed E-state index contributed by atoms with van der Waals surface area (Å²) in [5, 5.41) is 4.95. The van der Waals surface area contributed by atoms with Crippen molar-refractivity contribution in [1.29, 1.82) is 0 Å². The van der Waals surface area contributed by atoms with Crippen LogP contribution in [0.2, 0.25) is 15.1 Å². The van der Waals surface area contributed by atoms with Gasteiger partial charge in [0.05, 0.1) is 10.0 Å². The number of amides is 1. The number of allylic oxidation sites excluding steroid dienone is 1. The van der Waals surface area contributed by atoms with Crippen molar-refractivity contribution in [3.05, 3.63) is 79.7 Å². The van der Waals surface area contributed by atoms with Crippen LogP contribution in [-0.4, -0.2) is 32.2 Å². The Hall–Kier alpha value is -3.08. The molecule has 1 amide bonds. The fourth-order valence-corrected chi connectivity index (χ4v) is 4.23. The van der Waals surface area contributed by atoms with Crippen LogP contribution in [0.1, 0.15) is 30.7 Å². The number of carbonyl (C=O) groups is 2. The van der Waals surface area contributed by atoms with Crippen molar-refractivity contribution in [2.45, 2.75) is 37.9 Å². The quantitative estimate of drug-likeness (QED) is 0.335. The van der Waals surface area contributed by atoms with Crippen molar-refractivity contribution in [3.8, 4) is 11.4 Å². The van der Waals surface area contributed by atoms with Crippen LogP contribution in [0.3, 0.4) is 0 Å². The summed E-state index contributed by atoms with van der Waals surface area (Å²) in [5.74, 6) is -1.71. The maximum absolute atomic E-state index is 13.0. The first-order chi connectivity index (χ1) is 17.4. The Morgan fingerprint density at radius 2 is 1.76 bits per heavy atom. The van der Waals surface area contributed by atoms with Crippen LogP contribution in [0.15, 0.2) is 53.3 Å². The average molecular weight is 576 g/mol. The third-order valence-corrected chi connectivity index (χ3v) is 6.43. The molecule has 0 fully saturated rings. The smallest absolute Gasteiger partial charge is 0.370 e. The highest BCUT2D eigenvalue weighted by molar-refractivity contribution is 6.42. The third kappa shape index (κ3) is 7.70. The zero-order valence-corrected chi connectivity index (χ0v) is 21.3. The number of aromatic nitrogens is 3. The minimum absolute atomic E-state index is 0.0294. The van der Waals surface area contributed by atoms with Crippen molar-refractivity contribution < 1.29 is 22.8 Å². The first-order valence-corrected chi connectivity index (χ1v) is 11.9. The molecule has 0 saturated heterocycles. The Bertz CT molecular complexity index is 1380. The predicted molar refractivity (Wildman–Crippen MR) is 136 cm³/mol. The van der Waals surface area contributed by atoms with Gasteiger partial charge in [0.2, 0.25) is 5.91 Å². The Morgan fingerprint density at radius 1 is 1.08 bits per heavy atom. The first kappa shape index (κ1) is 28.5. The summed E-state index contributed by atoms with van der Waals surface area (Å²) in [6.07, 6.45) is -4.24. The van der Waals surface area contributed by atoms with E-state index in [0.29, 0.717) is 26.9 Å². The van der Waals surface area contributed by atoms with E-state index < -0.39 is 36.0 Å². The number of carbonyl (C=O) groups excluding carboxylic acids is 2. The average Bonchev–Trinajstić information content (AvgIpc) is 3.12. The molecule has 1 unspecified atom stereocenters. The van der Waals surface area contributed by atoms with Crippen LogP contribution in [0.4, 0.5) is 13.2 Å². The van der Waals surface area contributed by atoms with Crippen molar-refractivity contribution in [1.82, 2.24) is 14.3 Å². The summed E-state index contributed by atoms with van der Waals surface area (Å²) in [6.45, 7) is -0.530. The van der Waals surface area contributed by atoms with Gasteiger partial charge in [-0.1, -0.05) is 46.9 Å². The number of ketones is 1. The number of Topliss-reactive ketones (excluding diaryl/α,β-unsaturated/α-hetero) is 1. The van der Waals surface area contributed by atoms with Crippen molar-refractivity contribution in [3.63, 3.8) is 0 Å². The molecule has 0 aliphatic rings. The van der Waals surface area contributed by atoms with E-state index in [-0.39, 0.29) is 41.2 Å². The van der Waals surface area contributed by atoms with E-state index in [9.17, 15) is 27.6 Å². The van der Waals surface area contributed by atoms with Crippen molar-refractivity contribution >= 4 is 52.7 Å². The summed E-state index contributed by atoms with van der Waals surface area (Å²) in [4.78, 5) is 37.3. The fourth-order valence-electron chi connectivity index (χ4n) is 3.64. The summed E-state index contributed by atoms with van der Waals surface area (Å²) in [7, 11) is 0. The van der Waals surface area contributed by atoms with Gasteiger partial charge in [-0.3, -0.25) is 9.59 Å². The van der Waals surface area contributed by atoms with Gasteiger partial charge in [0.25, 0.3) is 0 Å². The van der Waals surface area contributed by atoms with Crippen LogP contribution in [0.5, 0.6) is 0 Å². The minimum Gasteiger partial charge on any atom is -0.370 e. The van der Waals surface area contributed by atoms with Gasteiger partial charge in [-0.25, -0.2) is 14.0 Å². The molecule has 2 aromatic carbocycles. The number of rotatable bonds is 10. The van der Waals surface area contributed by atoms with Gasteiger partial charge in [0.15, 0.2) is 11.6 Å². The van der Waals surface area contributed by atoms with Crippen molar-refractivity contribution in [2.75, 3.05) is 0 Å². The molecule has 196 valence electrons. The van der Waals surface area contributed by atoms with Crippen LogP contribution in [0.25, 0.3) is 17.6 Å². The molecule has 7 nitrogen and oxygen atoms in total. The molecular weight excluding hydrogens is 556 g/mol. The second-order valence-corrected chi connectivity index (χ2v) is 9.31. The molecular formula is C24H20Cl3F3N4O3. The predicted octanol–water partition coefficient (Wildman–Crippen LogP) is 5.71. The molecule has 0 aliphatic heterocycles. The minimum atomic E-state index is -4.68. The largest absolute Gasteiger partial charge is 0.411 e. The number of hydrogen-bond donors (Lipinski definition) is 1. The molecule has 1 atom stereocenters. The molecule has 0 aliphatic carbocycles. The number of benzene rings is 2. The lowest BCUT2D eigenvalue weighted by molar-refractivity contribution is -0.121. The lowest BCUT2D eigenvalue weighted by Crippen LogP contribution is -2.27. The lowest BCUT2D eigenvalue weighted by Gasteiger charge is -2.18. The van der Waals surface area contributed by atoms with E-state index in [1.807, 2.05) is 0 Å². The number of nitrogens with zero attached hydrogens (tertiary/aromatic N) is 3. The van der Waals surface area contributed by atoms with Gasteiger partial charge in [-0.05, 0) is 48.2 Å². The lowest BCUT2D eigenvalue weighted by atomic mass is 9.89. The summed E-state index contributed by atoms with van der Waals surface area (Å²) < 4.78 is 39.9. The SMILES string of the molecule is NC(=O)CCC(CC(=O)Cn1nc(-c2ccc(Cl)cc2)n(/C=C/C(F)(F)F)c1=O)c1cccc(Cl)c1Cl. The maximum atomic E-state index is 13.0. The van der Waals surface area contributed by atoms with Gasteiger partial charge in [-0.15, -0.1) is 5.10 Å². The van der Waals surface area contributed by atoms with Crippen LogP contribution in [0, 0.1) is 0 Å². The van der Waals surface area contributed by atoms with E-state index in [4.69, 9.17) is 40.5 Å². The zero-order valence-electron chi connectivity index (χ0n) is 19.0. The molecule has 2 N–H and O–H groups in total. The number of alkyl halides is 3. The summed E-state index contributed by atoms with van der Waals surface area (Å²) in [5.41, 5.74) is 5.15. The Labute approximate surface area is 224 Å². The Kier molecular flexibility index (Phi) is 9.22. The zero-order chi connectivity index (χ0) is 27.3. The molecule has 3 rings (SSSR count). The summed E-state index contributed by atoms with van der Waals surface area (Å²) in [6, 6.07) is 10.8. The monoisotopic (exact) mass is 574 g/mol. The molecule has 3 aromatic rings. The molecule has 1 heterocycles. The number of nitrogens with two attached hydrogens (primary N) is 1. The van der Waals surface area contributed by atoms with Gasteiger partial charge in [0.1, 0.15) is 6.54 Å². The van der Waals surface area contributed by atoms with E-state index in [2.05, 4.69) is 5.10 Å². The van der Waals surface area contributed by atoms with Crippen LogP contribution in [-0.2, 0) is 16.1 Å². The standard InChI is InChI=1S/C24H20Cl3F3N4O3/c25-16-7-4-14(5-8-16)22-32-34(23(37)33(22)11-10-24(28,29)30)13-17(35)12-15(6-9-20(31)36)18-2-1-3-19(26)21(18)27/h1-5,7-8,10-11,15H,6,9,12-13H2,(H2,31,36)/b11-10+. The molecule has 13 heteroatoms. The first-order valence-electron chi connectivity index (χ1n) is 10.8. The van der Waals surface area contributed by atoms with Crippen molar-refractivity contribution in [2.24, 2.45) is 5.73 Å². The van der Waals surface area contributed by atoms with Gasteiger partial charge in [0, 0.05) is 35.7 Å². The van der Waals surface area contributed by atoms with Crippen LogP contribution < -0.4 is 11.4 Å². The second kappa shape index (κ2) is 12.0. The fraction of sp³-hybridized carbons (Fsp3) is 0.250. The van der Waals surface area contributed by atoms with E-state index in [0.717, 1.165) is 4.68 Å². The van der Waals surface area contributed by atoms with E-state index in [1.165, 1.54) is 24.3 Å². The van der Waals surface area contributed by atoms with Gasteiger partial charge in [-0.2, -0.15) is 13.2 Å². The summed E-state index contributed by atoms with van der Waals surface area (Å²) >= 11 is 18.3. The second-order valence-electron chi connectivity index (χ2n) is 8.09. The van der Waals surface area contributed by atoms with Gasteiger partial charge >= 0.3 is 11.9 Å². The highest BCUT2D eigenvalue weighted by Crippen LogP contribution is 2.35. The molecule has 0 radical (unpaired) electrons. The third-order valence-electron chi connectivity index (χ3n) is 5.35. The topological polar surface area (TPSA) is 100.0 Å². The van der Waals surface area contributed by atoms with Crippen LogP contribution >= 0.6 is 34.8 Å².